The van der Waals surface area contributed by atoms with Gasteiger partial charge in [-0.2, -0.15) is 0 Å². The summed E-state index contributed by atoms with van der Waals surface area (Å²) in [5.41, 5.74) is 2.55. The zero-order valence-electron chi connectivity index (χ0n) is 22.4. The van der Waals surface area contributed by atoms with E-state index in [-0.39, 0.29) is 12.5 Å². The Bertz CT molecular complexity index is 1450. The van der Waals surface area contributed by atoms with Gasteiger partial charge in [-0.3, -0.25) is 9.78 Å². The number of rotatable bonds is 11. The molecule has 1 aliphatic heterocycles. The van der Waals surface area contributed by atoms with Crippen LogP contribution in [0, 0.1) is 0 Å². The lowest BCUT2D eigenvalue weighted by Gasteiger charge is -2.33. The average molecular weight is 541 g/mol. The molecule has 2 aromatic carbocycles. The number of benzene rings is 2. The van der Waals surface area contributed by atoms with E-state index in [0.29, 0.717) is 31.3 Å². The number of nitrogens with zero attached hydrogens (tertiary/aromatic N) is 5. The third-order valence-corrected chi connectivity index (χ3v) is 6.51. The van der Waals surface area contributed by atoms with Crippen LogP contribution in [0.1, 0.15) is 31.7 Å². The van der Waals surface area contributed by atoms with Crippen molar-refractivity contribution >= 4 is 23.6 Å². The summed E-state index contributed by atoms with van der Waals surface area (Å²) in [5.74, 6) is 2.37. The van der Waals surface area contributed by atoms with Crippen LogP contribution in [-0.4, -0.2) is 56.8 Å². The quantitative estimate of drug-likeness (QED) is 0.264. The minimum absolute atomic E-state index is 0.0000448. The first kappa shape index (κ1) is 26.9. The molecule has 0 radical (unpaired) electrons. The molecule has 1 unspecified atom stereocenters. The van der Waals surface area contributed by atoms with E-state index in [4.69, 9.17) is 19.6 Å². The van der Waals surface area contributed by atoms with E-state index in [2.05, 4.69) is 25.2 Å². The van der Waals surface area contributed by atoms with Crippen molar-refractivity contribution in [2.75, 3.05) is 29.9 Å². The van der Waals surface area contributed by atoms with Gasteiger partial charge in [0, 0.05) is 24.7 Å². The average Bonchev–Trinajstić information content (AvgIpc) is 2.98. The Morgan fingerprint density at radius 2 is 1.98 bits per heavy atom. The number of carbonyl (C=O) groups is 1. The van der Waals surface area contributed by atoms with Gasteiger partial charge in [-0.1, -0.05) is 30.3 Å². The van der Waals surface area contributed by atoms with Crippen molar-refractivity contribution in [3.8, 4) is 22.8 Å². The monoisotopic (exact) mass is 540 g/mol. The summed E-state index contributed by atoms with van der Waals surface area (Å²) < 4.78 is 12.0. The molecule has 1 fully saturated rings. The second-order valence-corrected chi connectivity index (χ2v) is 9.45. The van der Waals surface area contributed by atoms with Crippen LogP contribution < -0.4 is 19.7 Å². The maximum absolute atomic E-state index is 10.9. The van der Waals surface area contributed by atoms with Crippen LogP contribution in [0.2, 0.25) is 0 Å². The van der Waals surface area contributed by atoms with Gasteiger partial charge < -0.3 is 24.8 Å². The molecule has 10 heteroatoms. The number of ether oxygens (including phenoxy) is 2. The molecule has 1 atom stereocenters. The molecule has 40 heavy (non-hydrogen) atoms. The summed E-state index contributed by atoms with van der Waals surface area (Å²) >= 11 is 0. The Morgan fingerprint density at radius 1 is 1.10 bits per heavy atom. The molecule has 0 saturated carbocycles. The molecular weight excluding hydrogens is 508 g/mol. The molecule has 0 bridgehead atoms. The molecule has 0 aliphatic carbocycles. The van der Waals surface area contributed by atoms with Gasteiger partial charge in [-0.15, -0.1) is 0 Å². The van der Waals surface area contributed by atoms with Crippen LogP contribution >= 0.6 is 0 Å². The number of hydrogen-bond donors (Lipinski definition) is 2. The minimum atomic E-state index is -0.818. The van der Waals surface area contributed by atoms with Gasteiger partial charge in [0.1, 0.15) is 11.9 Å². The fourth-order valence-electron chi connectivity index (χ4n) is 4.64. The first-order chi connectivity index (χ1) is 19.6. The predicted octanol–water partition coefficient (Wildman–Crippen LogP) is 5.14. The second kappa shape index (κ2) is 12.9. The van der Waals surface area contributed by atoms with E-state index in [9.17, 15) is 4.79 Å². The standard InChI is InChI=1S/C30H32N6O4/c1-2-39-25-10-3-4-11-26(25)40-23-9-6-16-36(20-23)28-19-31-18-27(34-28)35-30-32-15-14-24(33-30)22-8-5-7-21(17-22)12-13-29(37)38/h3-5,7-8,10-11,14-15,17-19,23H,2,6,9,12-13,16,20H2,1H3,(H,37,38)(H,32,33,34,35). The minimum Gasteiger partial charge on any atom is -0.490 e. The van der Waals surface area contributed by atoms with Crippen LogP contribution in [-0.2, 0) is 11.2 Å². The van der Waals surface area contributed by atoms with Crippen molar-refractivity contribution in [2.45, 2.75) is 38.7 Å². The summed E-state index contributed by atoms with van der Waals surface area (Å²) in [4.78, 5) is 31.3. The lowest BCUT2D eigenvalue weighted by molar-refractivity contribution is -0.136. The number of carboxylic acids is 1. The molecule has 1 aliphatic rings. The number of aryl methyl sites for hydroxylation is 1. The molecule has 206 valence electrons. The number of para-hydroxylation sites is 2. The predicted molar refractivity (Wildman–Crippen MR) is 152 cm³/mol. The molecule has 3 heterocycles. The normalized spacial score (nSPS) is 14.9. The van der Waals surface area contributed by atoms with Crippen LogP contribution in [0.25, 0.3) is 11.3 Å². The maximum Gasteiger partial charge on any atom is 0.303 e. The zero-order chi connectivity index (χ0) is 27.7. The molecular formula is C30H32N6O4. The van der Waals surface area contributed by atoms with Gasteiger partial charge in [0.05, 0.1) is 31.2 Å². The molecule has 0 amide bonds. The van der Waals surface area contributed by atoms with Crippen molar-refractivity contribution in [3.63, 3.8) is 0 Å². The van der Waals surface area contributed by atoms with Crippen LogP contribution in [0.4, 0.5) is 17.6 Å². The fourth-order valence-corrected chi connectivity index (χ4v) is 4.64. The van der Waals surface area contributed by atoms with Crippen LogP contribution in [0.3, 0.4) is 0 Å². The van der Waals surface area contributed by atoms with Crippen molar-refractivity contribution in [1.82, 2.24) is 19.9 Å². The molecule has 0 spiro atoms. The zero-order valence-corrected chi connectivity index (χ0v) is 22.4. The summed E-state index contributed by atoms with van der Waals surface area (Å²) in [6.07, 6.45) is 7.53. The maximum atomic E-state index is 10.9. The number of anilines is 3. The highest BCUT2D eigenvalue weighted by Gasteiger charge is 2.24. The van der Waals surface area contributed by atoms with Gasteiger partial charge in [0.15, 0.2) is 17.3 Å². The topological polar surface area (TPSA) is 123 Å². The number of nitrogens with one attached hydrogen (secondary N) is 1. The van der Waals surface area contributed by atoms with Crippen molar-refractivity contribution in [3.05, 3.63) is 78.8 Å². The third-order valence-electron chi connectivity index (χ3n) is 6.51. The Morgan fingerprint density at radius 3 is 2.83 bits per heavy atom. The molecule has 5 rings (SSSR count). The highest BCUT2D eigenvalue weighted by molar-refractivity contribution is 5.67. The second-order valence-electron chi connectivity index (χ2n) is 9.45. The number of carboxylic acid groups (broad SMARTS) is 1. The molecule has 10 nitrogen and oxygen atoms in total. The van der Waals surface area contributed by atoms with Gasteiger partial charge in [0.25, 0.3) is 0 Å². The van der Waals surface area contributed by atoms with E-state index in [1.807, 2.05) is 61.5 Å². The lowest BCUT2D eigenvalue weighted by atomic mass is 10.0. The number of piperidine rings is 1. The summed E-state index contributed by atoms with van der Waals surface area (Å²) in [6.45, 7) is 4.08. The Kier molecular flexibility index (Phi) is 8.65. The fraction of sp³-hybridized carbons (Fsp3) is 0.300. The number of aromatic nitrogens is 4. The number of hydrogen-bond acceptors (Lipinski definition) is 9. The molecule has 2 N–H and O–H groups in total. The van der Waals surface area contributed by atoms with Crippen molar-refractivity contribution in [1.29, 1.82) is 0 Å². The van der Waals surface area contributed by atoms with Gasteiger partial charge in [0.2, 0.25) is 5.95 Å². The van der Waals surface area contributed by atoms with Gasteiger partial charge in [-0.05, 0) is 56.0 Å². The van der Waals surface area contributed by atoms with E-state index >= 15 is 0 Å². The summed E-state index contributed by atoms with van der Waals surface area (Å²) in [5, 5.41) is 12.2. The lowest BCUT2D eigenvalue weighted by Crippen LogP contribution is -2.41. The van der Waals surface area contributed by atoms with E-state index in [0.717, 1.165) is 53.5 Å². The molecule has 4 aromatic rings. The van der Waals surface area contributed by atoms with Crippen molar-refractivity contribution in [2.24, 2.45) is 0 Å². The first-order valence-electron chi connectivity index (χ1n) is 13.4. The third kappa shape index (κ3) is 7.02. The highest BCUT2D eigenvalue weighted by atomic mass is 16.5. The summed E-state index contributed by atoms with van der Waals surface area (Å²) in [7, 11) is 0. The van der Waals surface area contributed by atoms with E-state index in [1.165, 1.54) is 0 Å². The SMILES string of the molecule is CCOc1ccccc1OC1CCCN(c2cncc(Nc3nccc(-c4cccc(CCC(=O)O)c4)n3)n2)C1. The Labute approximate surface area is 233 Å². The Balaban J connectivity index is 1.26. The molecule has 2 aromatic heterocycles. The number of aliphatic carboxylic acids is 1. The highest BCUT2D eigenvalue weighted by Crippen LogP contribution is 2.30. The largest absolute Gasteiger partial charge is 0.490 e. The van der Waals surface area contributed by atoms with Crippen LogP contribution in [0.15, 0.2) is 73.2 Å². The Hall–Kier alpha value is -4.73. The van der Waals surface area contributed by atoms with E-state index < -0.39 is 5.97 Å². The van der Waals surface area contributed by atoms with Gasteiger partial charge >= 0.3 is 5.97 Å². The van der Waals surface area contributed by atoms with Crippen molar-refractivity contribution < 1.29 is 19.4 Å². The smallest absolute Gasteiger partial charge is 0.303 e. The first-order valence-corrected chi connectivity index (χ1v) is 13.4. The van der Waals surface area contributed by atoms with E-state index in [1.54, 1.807) is 18.6 Å². The molecule has 1 saturated heterocycles. The van der Waals surface area contributed by atoms with Gasteiger partial charge in [-0.25, -0.2) is 15.0 Å². The summed E-state index contributed by atoms with van der Waals surface area (Å²) in [6, 6.07) is 17.3. The van der Waals surface area contributed by atoms with Crippen LogP contribution in [0.5, 0.6) is 11.5 Å².